The molecule has 2 N–H and O–H groups in total. The Labute approximate surface area is 132 Å². The van der Waals surface area contributed by atoms with Crippen LogP contribution in [-0.2, 0) is 10.0 Å². The summed E-state index contributed by atoms with van der Waals surface area (Å²) in [6.45, 7) is 5.78. The van der Waals surface area contributed by atoms with Gasteiger partial charge in [-0.25, -0.2) is 17.5 Å². The quantitative estimate of drug-likeness (QED) is 0.886. The molecule has 1 atom stereocenters. The fraction of sp³-hybridized carbons (Fsp3) is 0.571. The molecule has 1 aromatic carbocycles. The lowest BCUT2D eigenvalue weighted by atomic mass is 9.83. The van der Waals surface area contributed by atoms with Gasteiger partial charge in [0.05, 0.1) is 4.90 Å². The first kappa shape index (κ1) is 18.4. The minimum absolute atomic E-state index is 0. The molecule has 1 aliphatic rings. The highest BCUT2D eigenvalue weighted by Crippen LogP contribution is 2.25. The van der Waals surface area contributed by atoms with Crippen LogP contribution >= 0.6 is 12.4 Å². The van der Waals surface area contributed by atoms with Gasteiger partial charge in [0.15, 0.2) is 0 Å². The molecule has 1 aliphatic heterocycles. The molecule has 1 saturated heterocycles. The molecule has 0 amide bonds. The second kappa shape index (κ2) is 7.05. The molecule has 120 valence electrons. The zero-order chi connectivity index (χ0) is 14.8. The Morgan fingerprint density at radius 2 is 2.14 bits per heavy atom. The van der Waals surface area contributed by atoms with Gasteiger partial charge in [-0.05, 0) is 49.4 Å². The lowest BCUT2D eigenvalue weighted by Gasteiger charge is -2.34. The summed E-state index contributed by atoms with van der Waals surface area (Å²) in [6.07, 6.45) is 2.02. The Balaban J connectivity index is 0.00000220. The van der Waals surface area contributed by atoms with Crippen molar-refractivity contribution in [3.05, 3.63) is 29.6 Å². The van der Waals surface area contributed by atoms with E-state index in [2.05, 4.69) is 17.0 Å². The van der Waals surface area contributed by atoms with E-state index in [9.17, 15) is 12.8 Å². The highest BCUT2D eigenvalue weighted by molar-refractivity contribution is 7.89. The van der Waals surface area contributed by atoms with Crippen LogP contribution in [0.1, 0.15) is 25.3 Å². The third-order valence-corrected chi connectivity index (χ3v) is 5.23. The summed E-state index contributed by atoms with van der Waals surface area (Å²) in [4.78, 5) is -0.0204. The van der Waals surface area contributed by atoms with Gasteiger partial charge in [-0.2, -0.15) is 0 Å². The van der Waals surface area contributed by atoms with E-state index in [-0.39, 0.29) is 22.7 Å². The first-order valence-electron chi connectivity index (χ1n) is 6.79. The molecule has 1 fully saturated rings. The molecular formula is C14H22ClFN2O2S. The maximum absolute atomic E-state index is 13.5. The summed E-state index contributed by atoms with van der Waals surface area (Å²) < 4.78 is 40.4. The smallest absolute Gasteiger partial charge is 0.240 e. The Hall–Kier alpha value is -0.690. The number of benzene rings is 1. The van der Waals surface area contributed by atoms with Gasteiger partial charge in [0, 0.05) is 13.1 Å². The lowest BCUT2D eigenvalue weighted by Crippen LogP contribution is -2.45. The number of hydrogen-bond acceptors (Lipinski definition) is 3. The van der Waals surface area contributed by atoms with Crippen molar-refractivity contribution in [2.45, 2.75) is 31.6 Å². The second-order valence-electron chi connectivity index (χ2n) is 5.83. The Kier molecular flexibility index (Phi) is 6.16. The van der Waals surface area contributed by atoms with E-state index >= 15 is 0 Å². The van der Waals surface area contributed by atoms with Crippen LogP contribution in [0, 0.1) is 18.2 Å². The molecule has 4 nitrogen and oxygen atoms in total. The third-order valence-electron chi connectivity index (χ3n) is 3.83. The fourth-order valence-corrected chi connectivity index (χ4v) is 3.57. The van der Waals surface area contributed by atoms with Gasteiger partial charge in [0.25, 0.3) is 0 Å². The molecule has 0 aliphatic carbocycles. The molecule has 1 heterocycles. The number of nitrogens with one attached hydrogen (secondary N) is 2. The maximum atomic E-state index is 13.5. The van der Waals surface area contributed by atoms with Crippen LogP contribution in [0.3, 0.4) is 0 Å². The topological polar surface area (TPSA) is 58.2 Å². The summed E-state index contributed by atoms with van der Waals surface area (Å²) in [6, 6.07) is 3.98. The van der Waals surface area contributed by atoms with Crippen LogP contribution in [0.4, 0.5) is 4.39 Å². The summed E-state index contributed by atoms with van der Waals surface area (Å²) in [5.41, 5.74) is 0.349. The zero-order valence-electron chi connectivity index (χ0n) is 12.3. The van der Waals surface area contributed by atoms with Gasteiger partial charge in [-0.3, -0.25) is 0 Å². The van der Waals surface area contributed by atoms with Crippen molar-refractivity contribution in [1.29, 1.82) is 0 Å². The van der Waals surface area contributed by atoms with Gasteiger partial charge < -0.3 is 5.32 Å². The average Bonchev–Trinajstić information content (AvgIpc) is 2.41. The van der Waals surface area contributed by atoms with Crippen molar-refractivity contribution in [2.24, 2.45) is 5.41 Å². The first-order valence-corrected chi connectivity index (χ1v) is 8.27. The maximum Gasteiger partial charge on any atom is 0.240 e. The first-order chi connectivity index (χ1) is 9.32. The van der Waals surface area contributed by atoms with Crippen LogP contribution in [0.25, 0.3) is 0 Å². The van der Waals surface area contributed by atoms with E-state index < -0.39 is 15.8 Å². The predicted molar refractivity (Wildman–Crippen MR) is 83.8 cm³/mol. The molecule has 1 unspecified atom stereocenters. The van der Waals surface area contributed by atoms with Crippen molar-refractivity contribution < 1.29 is 12.8 Å². The molecule has 21 heavy (non-hydrogen) atoms. The van der Waals surface area contributed by atoms with E-state index in [4.69, 9.17) is 0 Å². The van der Waals surface area contributed by atoms with Gasteiger partial charge >= 0.3 is 0 Å². The molecule has 7 heteroatoms. The Morgan fingerprint density at radius 3 is 2.71 bits per heavy atom. The van der Waals surface area contributed by atoms with E-state index in [0.29, 0.717) is 12.1 Å². The normalized spacial score (nSPS) is 22.6. The largest absolute Gasteiger partial charge is 0.316 e. The fourth-order valence-electron chi connectivity index (χ4n) is 2.36. The van der Waals surface area contributed by atoms with E-state index in [1.165, 1.54) is 12.1 Å². The lowest BCUT2D eigenvalue weighted by molar-refractivity contribution is 0.238. The Bertz CT molecular complexity index is 587. The van der Waals surface area contributed by atoms with E-state index in [1.54, 1.807) is 6.92 Å². The van der Waals surface area contributed by atoms with Gasteiger partial charge in [-0.1, -0.05) is 13.0 Å². The van der Waals surface area contributed by atoms with Crippen LogP contribution < -0.4 is 10.0 Å². The Morgan fingerprint density at radius 1 is 1.43 bits per heavy atom. The number of sulfonamides is 1. The minimum Gasteiger partial charge on any atom is -0.316 e. The summed E-state index contributed by atoms with van der Waals surface area (Å²) in [5, 5.41) is 3.27. The molecular weight excluding hydrogens is 315 g/mol. The van der Waals surface area contributed by atoms with Crippen LogP contribution in [-0.4, -0.2) is 28.1 Å². The summed E-state index contributed by atoms with van der Waals surface area (Å²) >= 11 is 0. The minimum atomic E-state index is -3.65. The number of aryl methyl sites for hydroxylation is 1. The predicted octanol–water partition coefficient (Wildman–Crippen LogP) is 2.22. The van der Waals surface area contributed by atoms with Crippen molar-refractivity contribution in [2.75, 3.05) is 19.6 Å². The van der Waals surface area contributed by atoms with E-state index in [1.807, 2.05) is 0 Å². The summed E-state index contributed by atoms with van der Waals surface area (Å²) in [7, 11) is -3.65. The van der Waals surface area contributed by atoms with Crippen molar-refractivity contribution in [1.82, 2.24) is 10.0 Å². The number of rotatable bonds is 4. The van der Waals surface area contributed by atoms with Crippen LogP contribution in [0.15, 0.2) is 23.1 Å². The van der Waals surface area contributed by atoms with Gasteiger partial charge in [-0.15, -0.1) is 12.4 Å². The third kappa shape index (κ3) is 4.64. The SMILES string of the molecule is Cc1ccc(S(=O)(=O)NCC2(C)CCCNC2)cc1F.Cl. The zero-order valence-corrected chi connectivity index (χ0v) is 13.9. The monoisotopic (exact) mass is 336 g/mol. The van der Waals surface area contributed by atoms with E-state index in [0.717, 1.165) is 32.0 Å². The standard InChI is InChI=1S/C14H21FN2O2S.ClH/c1-11-4-5-12(8-13(11)15)20(18,19)17-10-14(2)6-3-7-16-9-14;/h4-5,8,16-17H,3,6-7,9-10H2,1-2H3;1H. The molecule has 0 saturated carbocycles. The molecule has 0 radical (unpaired) electrons. The average molecular weight is 337 g/mol. The second-order valence-corrected chi connectivity index (χ2v) is 7.59. The number of halogens is 2. The molecule has 0 bridgehead atoms. The van der Waals surface area contributed by atoms with Gasteiger partial charge in [0.2, 0.25) is 10.0 Å². The molecule has 1 aromatic rings. The number of piperidine rings is 1. The van der Waals surface area contributed by atoms with Gasteiger partial charge in [0.1, 0.15) is 5.82 Å². The van der Waals surface area contributed by atoms with Crippen molar-refractivity contribution in [3.63, 3.8) is 0 Å². The molecule has 0 aromatic heterocycles. The van der Waals surface area contributed by atoms with Crippen LogP contribution in [0.5, 0.6) is 0 Å². The molecule has 2 rings (SSSR count). The number of hydrogen-bond donors (Lipinski definition) is 2. The van der Waals surface area contributed by atoms with Crippen LogP contribution in [0.2, 0.25) is 0 Å². The molecule has 0 spiro atoms. The summed E-state index contributed by atoms with van der Waals surface area (Å²) in [5.74, 6) is -0.501. The van der Waals surface area contributed by atoms with Crippen molar-refractivity contribution in [3.8, 4) is 0 Å². The highest BCUT2D eigenvalue weighted by Gasteiger charge is 2.28. The highest BCUT2D eigenvalue weighted by atomic mass is 35.5. The van der Waals surface area contributed by atoms with Crippen molar-refractivity contribution >= 4 is 22.4 Å².